The molecule has 1 rings (SSSR count). The van der Waals surface area contributed by atoms with Gasteiger partial charge < -0.3 is 10.5 Å². The average Bonchev–Trinajstić information content (AvgIpc) is 2.37. The van der Waals surface area contributed by atoms with Crippen LogP contribution < -0.4 is 5.73 Å². The zero-order chi connectivity index (χ0) is 13.7. The summed E-state index contributed by atoms with van der Waals surface area (Å²) in [4.78, 5) is 14.9. The number of alkyl halides is 2. The van der Waals surface area contributed by atoms with E-state index in [1.165, 1.54) is 0 Å². The van der Waals surface area contributed by atoms with Crippen molar-refractivity contribution in [1.29, 1.82) is 5.26 Å². The fourth-order valence-corrected chi connectivity index (χ4v) is 1.49. The molecule has 0 atom stereocenters. The van der Waals surface area contributed by atoms with Gasteiger partial charge >= 0.3 is 5.97 Å². The monoisotopic (exact) mass is 255 g/mol. The van der Waals surface area contributed by atoms with Crippen molar-refractivity contribution >= 4 is 5.97 Å². The lowest BCUT2D eigenvalue weighted by atomic mass is 10.0. The minimum atomic E-state index is -2.85. The maximum atomic E-state index is 12.9. The molecule has 0 aliphatic rings. The molecule has 0 aliphatic heterocycles. The van der Waals surface area contributed by atoms with Gasteiger partial charge in [-0.25, -0.2) is 8.78 Å². The summed E-state index contributed by atoms with van der Waals surface area (Å²) in [7, 11) is 1.16. The second-order valence-corrected chi connectivity index (χ2v) is 3.39. The molecule has 0 unspecified atom stereocenters. The maximum absolute atomic E-state index is 12.9. The lowest BCUT2D eigenvalue weighted by Gasteiger charge is -2.11. The molecule has 2 N–H and O–H groups in total. The van der Waals surface area contributed by atoms with Gasteiger partial charge in [0.25, 0.3) is 6.43 Å². The Balaban J connectivity index is 3.34. The van der Waals surface area contributed by atoms with Crippen molar-refractivity contribution in [3.63, 3.8) is 0 Å². The smallest absolute Gasteiger partial charge is 0.311 e. The molecule has 1 aromatic rings. The predicted octanol–water partition coefficient (Wildman–Crippen LogP) is 1.07. The number of nitriles is 1. The van der Waals surface area contributed by atoms with Crippen LogP contribution in [0.15, 0.2) is 6.20 Å². The molecule has 0 aliphatic carbocycles. The molecule has 1 aromatic heterocycles. The van der Waals surface area contributed by atoms with Gasteiger partial charge in [0, 0.05) is 18.3 Å². The second-order valence-electron chi connectivity index (χ2n) is 3.39. The fraction of sp³-hybridized carbons (Fsp3) is 0.364. The third-order valence-electron chi connectivity index (χ3n) is 2.37. The highest BCUT2D eigenvalue weighted by atomic mass is 19.3. The molecule has 5 nitrogen and oxygen atoms in total. The number of hydrogen-bond acceptors (Lipinski definition) is 5. The summed E-state index contributed by atoms with van der Waals surface area (Å²) in [5, 5.41) is 8.94. The van der Waals surface area contributed by atoms with Crippen molar-refractivity contribution in [3.8, 4) is 6.07 Å². The van der Waals surface area contributed by atoms with Crippen molar-refractivity contribution in [3.05, 3.63) is 28.6 Å². The van der Waals surface area contributed by atoms with Crippen LogP contribution in [-0.4, -0.2) is 18.1 Å². The zero-order valence-electron chi connectivity index (χ0n) is 9.61. The van der Waals surface area contributed by atoms with Crippen molar-refractivity contribution in [2.75, 3.05) is 7.11 Å². The summed E-state index contributed by atoms with van der Waals surface area (Å²) in [5.41, 5.74) is 4.61. The van der Waals surface area contributed by atoms with Crippen LogP contribution in [0.4, 0.5) is 8.78 Å². The van der Waals surface area contributed by atoms with Gasteiger partial charge in [-0.15, -0.1) is 0 Å². The number of ether oxygens (including phenoxy) is 1. The Morgan fingerprint density at radius 1 is 1.67 bits per heavy atom. The molecule has 0 radical (unpaired) electrons. The van der Waals surface area contributed by atoms with Crippen molar-refractivity contribution < 1.29 is 18.3 Å². The number of pyridine rings is 1. The highest BCUT2D eigenvalue weighted by Gasteiger charge is 2.22. The standard InChI is InChI=1S/C11H11F2N3O2/c1-18-9(17)2-8-7(4-15)10(11(12)13)6(3-14)5-16-8/h5,11H,2-3,14H2,1H3. The first kappa shape index (κ1) is 14.0. The van der Waals surface area contributed by atoms with Crippen LogP contribution in [0.25, 0.3) is 0 Å². The van der Waals surface area contributed by atoms with E-state index in [0.717, 1.165) is 13.3 Å². The molecule has 0 fully saturated rings. The molecular weight excluding hydrogens is 244 g/mol. The maximum Gasteiger partial charge on any atom is 0.311 e. The summed E-state index contributed by atoms with van der Waals surface area (Å²) >= 11 is 0. The Kier molecular flexibility index (Phi) is 4.68. The van der Waals surface area contributed by atoms with E-state index in [1.807, 2.05) is 0 Å². The van der Waals surface area contributed by atoms with Gasteiger partial charge in [0.05, 0.1) is 24.8 Å². The molecule has 0 saturated heterocycles. The van der Waals surface area contributed by atoms with Gasteiger partial charge in [0.2, 0.25) is 0 Å². The quantitative estimate of drug-likeness (QED) is 0.813. The molecule has 0 saturated carbocycles. The fourth-order valence-electron chi connectivity index (χ4n) is 1.49. The Morgan fingerprint density at radius 3 is 2.78 bits per heavy atom. The third-order valence-corrected chi connectivity index (χ3v) is 2.37. The molecule has 96 valence electrons. The number of hydrogen-bond donors (Lipinski definition) is 1. The number of carbonyl (C=O) groups is 1. The predicted molar refractivity (Wildman–Crippen MR) is 57.5 cm³/mol. The molecule has 0 amide bonds. The van der Waals surface area contributed by atoms with E-state index in [2.05, 4.69) is 9.72 Å². The summed E-state index contributed by atoms with van der Waals surface area (Å²) in [6.45, 7) is -0.153. The number of nitrogens with two attached hydrogens (primary N) is 1. The Labute approximate surface area is 102 Å². The lowest BCUT2D eigenvalue weighted by Crippen LogP contribution is -2.13. The van der Waals surface area contributed by atoms with Gasteiger partial charge in [0.1, 0.15) is 6.07 Å². The Hall–Kier alpha value is -2.07. The zero-order valence-corrected chi connectivity index (χ0v) is 9.61. The van der Waals surface area contributed by atoms with Gasteiger partial charge in [-0.3, -0.25) is 9.78 Å². The summed E-state index contributed by atoms with van der Waals surface area (Å²) in [6.07, 6.45) is -2.03. The molecule has 7 heteroatoms. The molecule has 18 heavy (non-hydrogen) atoms. The van der Waals surface area contributed by atoms with E-state index in [-0.39, 0.29) is 29.8 Å². The van der Waals surface area contributed by atoms with Crippen LogP contribution in [-0.2, 0) is 22.5 Å². The van der Waals surface area contributed by atoms with Crippen LogP contribution in [0.3, 0.4) is 0 Å². The van der Waals surface area contributed by atoms with Crippen molar-refractivity contribution in [1.82, 2.24) is 4.98 Å². The molecule has 0 aromatic carbocycles. The van der Waals surface area contributed by atoms with Crippen LogP contribution in [0.5, 0.6) is 0 Å². The normalized spacial score (nSPS) is 10.2. The van der Waals surface area contributed by atoms with E-state index < -0.39 is 18.0 Å². The largest absolute Gasteiger partial charge is 0.469 e. The minimum absolute atomic E-state index is 0.0307. The highest BCUT2D eigenvalue weighted by molar-refractivity contribution is 5.73. The number of nitrogens with zero attached hydrogens (tertiary/aromatic N) is 2. The van der Waals surface area contributed by atoms with Crippen LogP contribution in [0, 0.1) is 11.3 Å². The van der Waals surface area contributed by atoms with E-state index in [1.54, 1.807) is 6.07 Å². The summed E-state index contributed by atoms with van der Waals surface area (Å²) in [5.74, 6) is -0.653. The minimum Gasteiger partial charge on any atom is -0.469 e. The SMILES string of the molecule is COC(=O)Cc1ncc(CN)c(C(F)F)c1C#N. The van der Waals surface area contributed by atoms with E-state index >= 15 is 0 Å². The second kappa shape index (κ2) is 6.02. The van der Waals surface area contributed by atoms with Crippen molar-refractivity contribution in [2.45, 2.75) is 19.4 Å². The molecule has 1 heterocycles. The Morgan fingerprint density at radius 2 is 2.33 bits per heavy atom. The lowest BCUT2D eigenvalue weighted by molar-refractivity contribution is -0.139. The van der Waals surface area contributed by atoms with E-state index in [0.29, 0.717) is 0 Å². The first-order valence-corrected chi connectivity index (χ1v) is 5.00. The van der Waals surface area contributed by atoms with Crippen LogP contribution >= 0.6 is 0 Å². The number of aromatic nitrogens is 1. The number of methoxy groups -OCH3 is 1. The third kappa shape index (κ3) is 2.78. The first-order chi connectivity index (χ1) is 8.54. The van der Waals surface area contributed by atoms with Gasteiger partial charge in [-0.05, 0) is 5.56 Å². The molecule has 0 bridgehead atoms. The summed E-state index contributed by atoms with van der Waals surface area (Å²) < 4.78 is 30.2. The van der Waals surface area contributed by atoms with E-state index in [9.17, 15) is 13.6 Å². The van der Waals surface area contributed by atoms with Gasteiger partial charge in [-0.1, -0.05) is 0 Å². The van der Waals surface area contributed by atoms with Gasteiger partial charge in [-0.2, -0.15) is 5.26 Å². The average molecular weight is 255 g/mol. The number of carbonyl (C=O) groups excluding carboxylic acids is 1. The van der Waals surface area contributed by atoms with Crippen LogP contribution in [0.1, 0.15) is 28.8 Å². The number of esters is 1. The van der Waals surface area contributed by atoms with Crippen molar-refractivity contribution in [2.24, 2.45) is 5.73 Å². The topological polar surface area (TPSA) is 89.0 Å². The number of rotatable bonds is 4. The Bertz CT molecular complexity index is 498. The highest BCUT2D eigenvalue weighted by Crippen LogP contribution is 2.27. The molecular formula is C11H11F2N3O2. The van der Waals surface area contributed by atoms with Gasteiger partial charge in [0.15, 0.2) is 0 Å². The van der Waals surface area contributed by atoms with Crippen LogP contribution in [0.2, 0.25) is 0 Å². The first-order valence-electron chi connectivity index (χ1n) is 5.00. The molecule has 0 spiro atoms. The summed E-state index contributed by atoms with van der Waals surface area (Å²) in [6, 6.07) is 1.64. The van der Waals surface area contributed by atoms with E-state index in [4.69, 9.17) is 11.0 Å². The number of halogens is 2.